The molecule has 2 amide bonds. The van der Waals surface area contributed by atoms with Gasteiger partial charge < -0.3 is 14.5 Å². The second kappa shape index (κ2) is 9.92. The summed E-state index contributed by atoms with van der Waals surface area (Å²) in [5.41, 5.74) is 1.75. The van der Waals surface area contributed by atoms with E-state index in [1.54, 1.807) is 7.11 Å². The Balaban J connectivity index is 1.94. The number of hydrogen-bond acceptors (Lipinski definition) is 5. The minimum Gasteiger partial charge on any atom is -0.496 e. The minimum atomic E-state index is -0.191. The SMILES string of the molecule is CCCCCCN1C(=O)C(c2ccccc2OC)=C(N2CCN(CC)CC2)C1=O. The zero-order chi connectivity index (χ0) is 20.8. The summed E-state index contributed by atoms with van der Waals surface area (Å²) in [5.74, 6) is 0.280. The van der Waals surface area contributed by atoms with Gasteiger partial charge in [-0.1, -0.05) is 51.3 Å². The van der Waals surface area contributed by atoms with E-state index < -0.39 is 0 Å². The molecule has 158 valence electrons. The van der Waals surface area contributed by atoms with Crippen molar-refractivity contribution in [2.45, 2.75) is 39.5 Å². The lowest BCUT2D eigenvalue weighted by molar-refractivity contribution is -0.137. The van der Waals surface area contributed by atoms with Gasteiger partial charge in [-0.15, -0.1) is 0 Å². The topological polar surface area (TPSA) is 53.1 Å². The van der Waals surface area contributed by atoms with Crippen LogP contribution >= 0.6 is 0 Å². The Morgan fingerprint density at radius 3 is 2.31 bits per heavy atom. The van der Waals surface area contributed by atoms with E-state index in [1.807, 2.05) is 24.3 Å². The van der Waals surface area contributed by atoms with Gasteiger partial charge in [-0.2, -0.15) is 0 Å². The van der Waals surface area contributed by atoms with Crippen LogP contribution in [0.2, 0.25) is 0 Å². The summed E-state index contributed by atoms with van der Waals surface area (Å²) in [6, 6.07) is 7.49. The summed E-state index contributed by atoms with van der Waals surface area (Å²) in [4.78, 5) is 32.6. The van der Waals surface area contributed by atoms with E-state index in [-0.39, 0.29) is 11.8 Å². The van der Waals surface area contributed by atoms with E-state index >= 15 is 0 Å². The molecule has 6 nitrogen and oxygen atoms in total. The van der Waals surface area contributed by atoms with Crippen molar-refractivity contribution in [2.75, 3.05) is 46.4 Å². The molecule has 0 radical (unpaired) electrons. The van der Waals surface area contributed by atoms with E-state index in [9.17, 15) is 9.59 Å². The zero-order valence-corrected chi connectivity index (χ0v) is 17.9. The van der Waals surface area contributed by atoms with Crippen LogP contribution in [0.3, 0.4) is 0 Å². The highest BCUT2D eigenvalue weighted by atomic mass is 16.5. The summed E-state index contributed by atoms with van der Waals surface area (Å²) >= 11 is 0. The summed E-state index contributed by atoms with van der Waals surface area (Å²) in [5, 5.41) is 0. The zero-order valence-electron chi connectivity index (χ0n) is 17.9. The molecule has 1 fully saturated rings. The fourth-order valence-electron chi connectivity index (χ4n) is 4.14. The number of imide groups is 1. The molecule has 2 aliphatic rings. The number of methoxy groups -OCH3 is 1. The minimum absolute atomic E-state index is 0.155. The summed E-state index contributed by atoms with van der Waals surface area (Å²) in [7, 11) is 1.60. The highest BCUT2D eigenvalue weighted by molar-refractivity contribution is 6.36. The number of unbranched alkanes of at least 4 members (excludes halogenated alkanes) is 3. The average Bonchev–Trinajstić information content (AvgIpc) is 3.01. The molecule has 0 N–H and O–H groups in total. The third kappa shape index (κ3) is 4.47. The quantitative estimate of drug-likeness (QED) is 0.472. The number of nitrogens with zero attached hydrogens (tertiary/aromatic N) is 3. The van der Waals surface area contributed by atoms with Crippen LogP contribution in [0.4, 0.5) is 0 Å². The number of likely N-dealkylation sites (N-methyl/N-ethyl adjacent to an activating group) is 1. The molecule has 0 saturated carbocycles. The number of rotatable bonds is 9. The van der Waals surface area contributed by atoms with E-state index in [1.165, 1.54) is 4.90 Å². The maximum absolute atomic E-state index is 13.4. The van der Waals surface area contributed by atoms with Gasteiger partial charge in [0, 0.05) is 38.3 Å². The van der Waals surface area contributed by atoms with Gasteiger partial charge in [-0.25, -0.2) is 0 Å². The number of ether oxygens (including phenoxy) is 1. The van der Waals surface area contributed by atoms with E-state index in [0.29, 0.717) is 29.1 Å². The molecule has 6 heteroatoms. The predicted octanol–water partition coefficient (Wildman–Crippen LogP) is 2.99. The maximum Gasteiger partial charge on any atom is 0.277 e. The number of amides is 2. The third-order valence-electron chi connectivity index (χ3n) is 5.89. The number of piperazine rings is 1. The summed E-state index contributed by atoms with van der Waals surface area (Å²) in [6.07, 6.45) is 4.12. The van der Waals surface area contributed by atoms with Gasteiger partial charge in [0.2, 0.25) is 0 Å². The Hall–Kier alpha value is -2.34. The Morgan fingerprint density at radius 1 is 0.931 bits per heavy atom. The molecular formula is C23H33N3O3. The van der Waals surface area contributed by atoms with Gasteiger partial charge in [0.05, 0.1) is 12.7 Å². The van der Waals surface area contributed by atoms with Gasteiger partial charge in [-0.05, 0) is 19.0 Å². The van der Waals surface area contributed by atoms with Crippen LogP contribution in [0.5, 0.6) is 5.75 Å². The molecule has 0 bridgehead atoms. The molecule has 3 rings (SSSR count). The van der Waals surface area contributed by atoms with E-state index in [0.717, 1.165) is 58.4 Å². The largest absolute Gasteiger partial charge is 0.496 e. The molecule has 2 aliphatic heterocycles. The predicted molar refractivity (Wildman–Crippen MR) is 114 cm³/mol. The molecular weight excluding hydrogens is 366 g/mol. The smallest absolute Gasteiger partial charge is 0.277 e. The van der Waals surface area contributed by atoms with Crippen molar-refractivity contribution in [1.29, 1.82) is 0 Å². The van der Waals surface area contributed by atoms with Crippen molar-refractivity contribution in [3.63, 3.8) is 0 Å². The second-order valence-electron chi connectivity index (χ2n) is 7.67. The van der Waals surface area contributed by atoms with Gasteiger partial charge in [-0.3, -0.25) is 14.5 Å². The summed E-state index contributed by atoms with van der Waals surface area (Å²) in [6.45, 7) is 9.10. The lowest BCUT2D eigenvalue weighted by Gasteiger charge is -2.36. The van der Waals surface area contributed by atoms with Gasteiger partial charge in [0.15, 0.2) is 0 Å². The van der Waals surface area contributed by atoms with Gasteiger partial charge in [0.1, 0.15) is 11.4 Å². The van der Waals surface area contributed by atoms with Crippen molar-refractivity contribution in [1.82, 2.24) is 14.7 Å². The second-order valence-corrected chi connectivity index (χ2v) is 7.67. The lowest BCUT2D eigenvalue weighted by atomic mass is 10.0. The Kier molecular flexibility index (Phi) is 7.31. The first-order valence-electron chi connectivity index (χ1n) is 10.8. The molecule has 0 atom stereocenters. The van der Waals surface area contributed by atoms with Crippen molar-refractivity contribution in [3.05, 3.63) is 35.5 Å². The normalized spacial score (nSPS) is 18.2. The Bertz CT molecular complexity index is 766. The number of benzene rings is 1. The number of carbonyl (C=O) groups excluding carboxylic acids is 2. The monoisotopic (exact) mass is 399 g/mol. The molecule has 0 aliphatic carbocycles. The molecule has 1 aromatic carbocycles. The Labute approximate surface area is 174 Å². The van der Waals surface area contributed by atoms with Crippen LogP contribution in [0.25, 0.3) is 5.57 Å². The van der Waals surface area contributed by atoms with E-state index in [2.05, 4.69) is 23.6 Å². The average molecular weight is 400 g/mol. The molecule has 2 heterocycles. The first-order chi connectivity index (χ1) is 14.1. The molecule has 1 aromatic rings. The third-order valence-corrected chi connectivity index (χ3v) is 5.89. The van der Waals surface area contributed by atoms with Gasteiger partial charge >= 0.3 is 0 Å². The van der Waals surface area contributed by atoms with Crippen molar-refractivity contribution in [3.8, 4) is 5.75 Å². The van der Waals surface area contributed by atoms with Crippen LogP contribution in [-0.4, -0.2) is 72.9 Å². The standard InChI is InChI=1S/C23H33N3O3/c1-4-6-7-10-13-26-22(27)20(18-11-8-9-12-19(18)29-3)21(23(26)28)25-16-14-24(5-2)15-17-25/h8-9,11-12H,4-7,10,13-17H2,1-3H3. The maximum atomic E-state index is 13.4. The molecule has 1 saturated heterocycles. The first-order valence-corrected chi connectivity index (χ1v) is 10.8. The van der Waals surface area contributed by atoms with Crippen molar-refractivity contribution >= 4 is 17.4 Å². The van der Waals surface area contributed by atoms with Crippen LogP contribution in [0.1, 0.15) is 45.1 Å². The molecule has 0 unspecified atom stereocenters. The van der Waals surface area contributed by atoms with Crippen molar-refractivity contribution < 1.29 is 14.3 Å². The fraction of sp³-hybridized carbons (Fsp3) is 0.565. The highest BCUT2D eigenvalue weighted by Crippen LogP contribution is 2.36. The highest BCUT2D eigenvalue weighted by Gasteiger charge is 2.42. The number of hydrogen-bond donors (Lipinski definition) is 0. The van der Waals surface area contributed by atoms with Gasteiger partial charge in [0.25, 0.3) is 11.8 Å². The summed E-state index contributed by atoms with van der Waals surface area (Å²) < 4.78 is 5.52. The number of para-hydroxylation sites is 1. The first kappa shape index (κ1) is 21.4. The molecule has 0 aromatic heterocycles. The Morgan fingerprint density at radius 2 is 1.66 bits per heavy atom. The van der Waals surface area contributed by atoms with E-state index in [4.69, 9.17) is 4.74 Å². The van der Waals surface area contributed by atoms with Crippen LogP contribution in [0, 0.1) is 0 Å². The van der Waals surface area contributed by atoms with Crippen LogP contribution in [0.15, 0.2) is 30.0 Å². The van der Waals surface area contributed by atoms with Crippen LogP contribution < -0.4 is 4.74 Å². The number of carbonyl (C=O) groups is 2. The lowest BCUT2D eigenvalue weighted by Crippen LogP contribution is -2.47. The molecule has 29 heavy (non-hydrogen) atoms. The molecule has 0 spiro atoms. The van der Waals surface area contributed by atoms with Crippen LogP contribution in [-0.2, 0) is 9.59 Å². The fourth-order valence-corrected chi connectivity index (χ4v) is 4.14. The van der Waals surface area contributed by atoms with Crippen molar-refractivity contribution in [2.24, 2.45) is 0 Å².